The van der Waals surface area contributed by atoms with Crippen molar-refractivity contribution in [3.63, 3.8) is 0 Å². The molecular formula is C60H105NO7. The number of carbonyl (C=O) groups is 3. The van der Waals surface area contributed by atoms with E-state index in [1.54, 1.807) is 21.1 Å². The van der Waals surface area contributed by atoms with Gasteiger partial charge in [-0.05, 0) is 64.2 Å². The van der Waals surface area contributed by atoms with Crippen molar-refractivity contribution in [3.8, 4) is 0 Å². The predicted molar refractivity (Wildman–Crippen MR) is 286 cm³/mol. The van der Waals surface area contributed by atoms with Crippen LogP contribution in [0.2, 0.25) is 0 Å². The van der Waals surface area contributed by atoms with E-state index in [1.165, 1.54) is 122 Å². The van der Waals surface area contributed by atoms with Crippen molar-refractivity contribution >= 4 is 17.9 Å². The number of nitrogens with zero attached hydrogens (tertiary/aromatic N) is 1. The fourth-order valence-corrected chi connectivity index (χ4v) is 8.08. The van der Waals surface area contributed by atoms with Crippen LogP contribution in [0.15, 0.2) is 72.9 Å². The molecule has 0 fully saturated rings. The van der Waals surface area contributed by atoms with E-state index in [4.69, 9.17) is 14.2 Å². The summed E-state index contributed by atoms with van der Waals surface area (Å²) in [7, 11) is 5.41. The first-order chi connectivity index (χ1) is 33.1. The average molecular weight is 952 g/mol. The second kappa shape index (κ2) is 50.2. The van der Waals surface area contributed by atoms with Crippen LogP contribution < -0.4 is 5.11 Å². The highest BCUT2D eigenvalue weighted by Gasteiger charge is 2.25. The minimum absolute atomic E-state index is 0.0290. The Morgan fingerprint density at radius 3 is 1.22 bits per heavy atom. The Labute approximate surface area is 419 Å². The van der Waals surface area contributed by atoms with Crippen molar-refractivity contribution in [1.82, 2.24) is 0 Å². The molecule has 2 unspecified atom stereocenters. The Morgan fingerprint density at radius 1 is 0.456 bits per heavy atom. The number of carbonyl (C=O) groups excluding carboxylic acids is 3. The topological polar surface area (TPSA) is 102 Å². The first-order valence-electron chi connectivity index (χ1n) is 28.0. The van der Waals surface area contributed by atoms with Crippen LogP contribution in [0.1, 0.15) is 239 Å². The van der Waals surface area contributed by atoms with Crippen LogP contribution in [-0.2, 0) is 28.6 Å². The van der Waals surface area contributed by atoms with Gasteiger partial charge in [-0.25, -0.2) is 0 Å². The lowest BCUT2D eigenvalue weighted by Crippen LogP contribution is -2.55. The summed E-state index contributed by atoms with van der Waals surface area (Å²) in [6, 6.07) is -0.734. The lowest BCUT2D eigenvalue weighted by molar-refractivity contribution is -0.889. The molecule has 0 aliphatic rings. The maximum atomic E-state index is 12.8. The normalized spacial score (nSPS) is 13.4. The summed E-state index contributed by atoms with van der Waals surface area (Å²) in [4.78, 5) is 37.1. The molecule has 0 spiro atoms. The molecule has 0 saturated heterocycles. The second-order valence-electron chi connectivity index (χ2n) is 19.8. The van der Waals surface area contributed by atoms with Crippen molar-refractivity contribution in [2.24, 2.45) is 0 Å². The van der Waals surface area contributed by atoms with Gasteiger partial charge in [0.2, 0.25) is 0 Å². The minimum atomic E-state index is -1.13. The van der Waals surface area contributed by atoms with Gasteiger partial charge in [0, 0.05) is 19.3 Å². The maximum Gasteiger partial charge on any atom is 0.306 e. The third kappa shape index (κ3) is 47.8. The predicted octanol–water partition coefficient (Wildman–Crippen LogP) is 15.3. The highest BCUT2D eigenvalue weighted by atomic mass is 16.6. The van der Waals surface area contributed by atoms with Gasteiger partial charge < -0.3 is 28.6 Å². The van der Waals surface area contributed by atoms with Crippen LogP contribution in [0.3, 0.4) is 0 Å². The molecule has 0 amide bonds. The Bertz CT molecular complexity index is 1340. The highest BCUT2D eigenvalue weighted by Crippen LogP contribution is 2.16. The van der Waals surface area contributed by atoms with Gasteiger partial charge in [0.15, 0.2) is 6.10 Å². The van der Waals surface area contributed by atoms with Gasteiger partial charge in [-0.2, -0.15) is 0 Å². The molecule has 0 aromatic carbocycles. The lowest BCUT2D eigenvalue weighted by Gasteiger charge is -2.34. The number of esters is 2. The number of hydrogen-bond donors (Lipinski definition) is 0. The Balaban J connectivity index is 4.25. The molecular weight excluding hydrogens is 847 g/mol. The molecule has 0 aromatic heterocycles. The van der Waals surface area contributed by atoms with Crippen LogP contribution >= 0.6 is 0 Å². The monoisotopic (exact) mass is 952 g/mol. The van der Waals surface area contributed by atoms with Crippen molar-refractivity contribution < 1.29 is 38.2 Å². The zero-order valence-corrected chi connectivity index (χ0v) is 44.8. The van der Waals surface area contributed by atoms with Crippen molar-refractivity contribution in [3.05, 3.63) is 72.9 Å². The zero-order chi connectivity index (χ0) is 49.9. The van der Waals surface area contributed by atoms with E-state index in [0.717, 1.165) is 83.5 Å². The molecule has 8 heteroatoms. The summed E-state index contributed by atoms with van der Waals surface area (Å²) in [5, 5.41) is 11.7. The second-order valence-corrected chi connectivity index (χ2v) is 19.8. The lowest BCUT2D eigenvalue weighted by atomic mass is 10.0. The van der Waals surface area contributed by atoms with Crippen LogP contribution in [0.5, 0.6) is 0 Å². The molecule has 0 rings (SSSR count). The first kappa shape index (κ1) is 64.8. The SMILES string of the molecule is CC/C=C/C/C=C/C/C=C/C/C=C/C/C=C/C/C=C/CCCCCC(=O)OCC(COCCC(C(=O)[O-])[N+](C)(C)C)OC(=O)CCCCCCCCCCCCCCCCCCCCCCCC. The quantitative estimate of drug-likeness (QED) is 0.0259. The molecule has 0 bridgehead atoms. The molecule has 0 aliphatic heterocycles. The van der Waals surface area contributed by atoms with Gasteiger partial charge in [-0.1, -0.05) is 228 Å². The van der Waals surface area contributed by atoms with Gasteiger partial charge in [0.05, 0.1) is 40.3 Å². The van der Waals surface area contributed by atoms with Crippen LogP contribution in [0.4, 0.5) is 0 Å². The summed E-state index contributed by atoms with van der Waals surface area (Å²) >= 11 is 0. The molecule has 68 heavy (non-hydrogen) atoms. The Morgan fingerprint density at radius 2 is 0.824 bits per heavy atom. The van der Waals surface area contributed by atoms with E-state index in [2.05, 4.69) is 86.8 Å². The molecule has 0 saturated carbocycles. The number of ether oxygens (including phenoxy) is 3. The third-order valence-corrected chi connectivity index (χ3v) is 12.4. The van der Waals surface area contributed by atoms with Crippen LogP contribution in [-0.4, -0.2) is 75.5 Å². The minimum Gasteiger partial charge on any atom is -0.544 e. The molecule has 2 atom stereocenters. The number of likely N-dealkylation sites (N-methyl/N-ethyl adjacent to an activating group) is 1. The number of allylic oxidation sites excluding steroid dienone is 12. The van der Waals surface area contributed by atoms with Crippen molar-refractivity contribution in [1.29, 1.82) is 0 Å². The molecule has 0 aromatic rings. The number of carboxylic acid groups (broad SMARTS) is 1. The molecule has 0 N–H and O–H groups in total. The number of hydrogen-bond acceptors (Lipinski definition) is 7. The Kier molecular flexibility index (Phi) is 47.8. The maximum absolute atomic E-state index is 12.8. The van der Waals surface area contributed by atoms with E-state index in [9.17, 15) is 19.5 Å². The fourth-order valence-electron chi connectivity index (χ4n) is 8.08. The molecule has 0 heterocycles. The van der Waals surface area contributed by atoms with Crippen molar-refractivity contribution in [2.45, 2.75) is 251 Å². The zero-order valence-electron chi connectivity index (χ0n) is 44.8. The average Bonchev–Trinajstić information content (AvgIpc) is 3.30. The Hall–Kier alpha value is -3.23. The summed E-state index contributed by atoms with van der Waals surface area (Å²) in [5.41, 5.74) is 0. The van der Waals surface area contributed by atoms with E-state index in [1.807, 2.05) is 0 Å². The van der Waals surface area contributed by atoms with Crippen LogP contribution in [0, 0.1) is 0 Å². The van der Waals surface area contributed by atoms with Crippen molar-refractivity contribution in [2.75, 3.05) is 41.0 Å². The van der Waals surface area contributed by atoms with Gasteiger partial charge in [-0.3, -0.25) is 9.59 Å². The molecule has 0 aliphatic carbocycles. The first-order valence-corrected chi connectivity index (χ1v) is 28.0. The molecule has 8 nitrogen and oxygen atoms in total. The molecule has 0 radical (unpaired) electrons. The molecule has 392 valence electrons. The number of quaternary nitrogens is 1. The summed E-state index contributed by atoms with van der Waals surface area (Å²) in [6.07, 6.45) is 65.1. The van der Waals surface area contributed by atoms with E-state index in [0.29, 0.717) is 12.8 Å². The third-order valence-electron chi connectivity index (χ3n) is 12.4. The highest BCUT2D eigenvalue weighted by molar-refractivity contribution is 5.70. The largest absolute Gasteiger partial charge is 0.544 e. The number of unbranched alkanes of at least 4 members (excludes halogenated alkanes) is 24. The standard InChI is InChI=1S/C60H105NO7/c1-6-8-10-12-14-16-18-20-22-24-26-28-30-32-34-36-38-40-42-44-46-48-50-58(62)67-55-56(54-66-53-52-57(60(64)65)61(3,4)5)68-59(63)51-49-47-45-43-41-39-37-35-33-31-29-27-25-23-21-19-17-15-13-11-9-7-2/h8,10,14,16,20,22,26,28,32,34,38,40,56-57H,6-7,9,11-13,15,17-19,21,23-25,27,29-31,33,35-37,39,41-55H2,1-5H3/b10-8+,16-14+,22-20+,28-26+,34-32+,40-38+. The van der Waals surface area contributed by atoms with Gasteiger partial charge in [0.1, 0.15) is 12.6 Å². The number of carboxylic acids is 1. The van der Waals surface area contributed by atoms with Crippen LogP contribution in [0.25, 0.3) is 0 Å². The van der Waals surface area contributed by atoms with E-state index in [-0.39, 0.29) is 42.7 Å². The smallest absolute Gasteiger partial charge is 0.306 e. The van der Waals surface area contributed by atoms with Gasteiger partial charge >= 0.3 is 11.9 Å². The number of aliphatic carboxylic acids is 1. The fraction of sp³-hybridized carbons (Fsp3) is 0.750. The summed E-state index contributed by atoms with van der Waals surface area (Å²) in [6.45, 7) is 4.54. The van der Waals surface area contributed by atoms with E-state index >= 15 is 0 Å². The van der Waals surface area contributed by atoms with Gasteiger partial charge in [0.25, 0.3) is 0 Å². The number of rotatable bonds is 50. The summed E-state index contributed by atoms with van der Waals surface area (Å²) < 4.78 is 17.3. The van der Waals surface area contributed by atoms with Gasteiger partial charge in [-0.15, -0.1) is 0 Å². The summed E-state index contributed by atoms with van der Waals surface area (Å²) in [5.74, 6) is -1.77. The van der Waals surface area contributed by atoms with E-state index < -0.39 is 18.1 Å².